The molecule has 0 aliphatic heterocycles. The number of ether oxygens (including phenoxy) is 1. The molecular formula is C14H14N4O. The van der Waals surface area contributed by atoms with Crippen LogP contribution in [0.4, 0.5) is 0 Å². The first-order valence-electron chi connectivity index (χ1n) is 6.05. The molecule has 0 saturated heterocycles. The molecule has 5 nitrogen and oxygen atoms in total. The van der Waals surface area contributed by atoms with Crippen molar-refractivity contribution in [3.05, 3.63) is 54.1 Å². The maximum absolute atomic E-state index is 5.84. The largest absolute Gasteiger partial charge is 0.435 e. The number of nitrogens with zero attached hydrogens (tertiary/aromatic N) is 3. The fourth-order valence-electron chi connectivity index (χ4n) is 1.97. The molecule has 0 aliphatic rings. The molecule has 0 fully saturated rings. The van der Waals surface area contributed by atoms with E-state index < -0.39 is 0 Å². The average molecular weight is 254 g/mol. The average Bonchev–Trinajstić information content (AvgIpc) is 2.78. The van der Waals surface area contributed by atoms with Gasteiger partial charge in [-0.15, -0.1) is 0 Å². The van der Waals surface area contributed by atoms with Gasteiger partial charge in [0.2, 0.25) is 5.88 Å². The highest BCUT2D eigenvalue weighted by Crippen LogP contribution is 2.26. The number of rotatable bonds is 3. The Kier molecular flexibility index (Phi) is 2.89. The molecule has 0 aliphatic carbocycles. The molecule has 0 amide bonds. The Hall–Kier alpha value is -2.40. The van der Waals surface area contributed by atoms with Crippen LogP contribution >= 0.6 is 0 Å². The second kappa shape index (κ2) is 4.70. The highest BCUT2D eigenvalue weighted by atomic mass is 16.5. The van der Waals surface area contributed by atoms with Crippen molar-refractivity contribution in [1.29, 1.82) is 0 Å². The summed E-state index contributed by atoms with van der Waals surface area (Å²) in [5, 5.41) is 0. The van der Waals surface area contributed by atoms with Gasteiger partial charge < -0.3 is 10.5 Å². The molecule has 0 bridgehead atoms. The Morgan fingerprint density at radius 2 is 2.16 bits per heavy atom. The van der Waals surface area contributed by atoms with E-state index in [1.165, 1.54) is 0 Å². The predicted molar refractivity (Wildman–Crippen MR) is 72.1 cm³/mol. The van der Waals surface area contributed by atoms with Gasteiger partial charge in [0.05, 0.1) is 5.69 Å². The minimum Gasteiger partial charge on any atom is -0.435 e. The van der Waals surface area contributed by atoms with Gasteiger partial charge >= 0.3 is 0 Å². The molecule has 3 aromatic rings. The van der Waals surface area contributed by atoms with Crippen LogP contribution in [0.5, 0.6) is 11.6 Å². The number of hydrogen-bond donors (Lipinski definition) is 1. The smallest absolute Gasteiger partial charge is 0.242 e. The Morgan fingerprint density at radius 3 is 2.95 bits per heavy atom. The van der Waals surface area contributed by atoms with E-state index in [0.717, 1.165) is 17.0 Å². The van der Waals surface area contributed by atoms with Gasteiger partial charge in [0, 0.05) is 18.9 Å². The van der Waals surface area contributed by atoms with Crippen molar-refractivity contribution in [1.82, 2.24) is 14.4 Å². The molecular weight excluding hydrogens is 240 g/mol. The fourth-order valence-corrected chi connectivity index (χ4v) is 1.97. The number of pyridine rings is 2. The zero-order valence-corrected chi connectivity index (χ0v) is 10.6. The number of imidazole rings is 1. The summed E-state index contributed by atoms with van der Waals surface area (Å²) in [6.07, 6.45) is 3.66. The topological polar surface area (TPSA) is 65.4 Å². The second-order valence-electron chi connectivity index (χ2n) is 4.19. The van der Waals surface area contributed by atoms with E-state index in [-0.39, 0.29) is 0 Å². The molecule has 0 saturated carbocycles. The van der Waals surface area contributed by atoms with Crippen LogP contribution < -0.4 is 10.5 Å². The van der Waals surface area contributed by atoms with Crippen LogP contribution in [0, 0.1) is 6.92 Å². The standard InChI is InChI=1S/C14H14N4O/c1-10-12(5-4-7-16-10)19-14-11(9-15)18-8-3-2-6-13(18)17-14/h2-8H,9,15H2,1H3. The van der Waals surface area contributed by atoms with Gasteiger partial charge in [-0.3, -0.25) is 9.38 Å². The monoisotopic (exact) mass is 254 g/mol. The summed E-state index contributed by atoms with van der Waals surface area (Å²) < 4.78 is 7.77. The third-order valence-electron chi connectivity index (χ3n) is 2.95. The van der Waals surface area contributed by atoms with E-state index in [1.54, 1.807) is 6.20 Å². The molecule has 3 rings (SSSR count). The highest BCUT2D eigenvalue weighted by Gasteiger charge is 2.13. The maximum Gasteiger partial charge on any atom is 0.242 e. The molecule has 0 spiro atoms. The SMILES string of the molecule is Cc1ncccc1Oc1nc2ccccn2c1CN. The molecule has 0 radical (unpaired) electrons. The lowest BCUT2D eigenvalue weighted by molar-refractivity contribution is 0.453. The van der Waals surface area contributed by atoms with Gasteiger partial charge in [-0.05, 0) is 31.2 Å². The van der Waals surface area contributed by atoms with Crippen molar-refractivity contribution in [2.75, 3.05) is 0 Å². The van der Waals surface area contributed by atoms with Gasteiger partial charge in [0.15, 0.2) is 5.75 Å². The van der Waals surface area contributed by atoms with Crippen molar-refractivity contribution in [2.24, 2.45) is 5.73 Å². The number of aromatic nitrogens is 3. The zero-order valence-electron chi connectivity index (χ0n) is 10.6. The van der Waals surface area contributed by atoms with Gasteiger partial charge in [-0.25, -0.2) is 0 Å². The van der Waals surface area contributed by atoms with Gasteiger partial charge in [-0.1, -0.05) is 6.07 Å². The minimum atomic E-state index is 0.361. The number of nitrogens with two attached hydrogens (primary N) is 1. The summed E-state index contributed by atoms with van der Waals surface area (Å²) in [6.45, 7) is 2.26. The summed E-state index contributed by atoms with van der Waals surface area (Å²) in [6, 6.07) is 9.49. The Balaban J connectivity index is 2.08. The first-order chi connectivity index (χ1) is 9.29. The van der Waals surface area contributed by atoms with E-state index in [9.17, 15) is 0 Å². The van der Waals surface area contributed by atoms with Gasteiger partial charge in [-0.2, -0.15) is 4.98 Å². The van der Waals surface area contributed by atoms with Crippen LogP contribution in [-0.4, -0.2) is 14.4 Å². The van der Waals surface area contributed by atoms with Crippen molar-refractivity contribution < 1.29 is 4.74 Å². The third kappa shape index (κ3) is 2.04. The van der Waals surface area contributed by atoms with E-state index in [0.29, 0.717) is 18.2 Å². The summed E-state index contributed by atoms with van der Waals surface area (Å²) >= 11 is 0. The summed E-state index contributed by atoms with van der Waals surface area (Å²) in [7, 11) is 0. The summed E-state index contributed by atoms with van der Waals surface area (Å²) in [5.41, 5.74) is 8.28. The molecule has 5 heteroatoms. The minimum absolute atomic E-state index is 0.361. The molecule has 0 atom stereocenters. The van der Waals surface area contributed by atoms with Crippen molar-refractivity contribution in [3.8, 4) is 11.6 Å². The number of fused-ring (bicyclic) bond motifs is 1. The van der Waals surface area contributed by atoms with E-state index in [1.807, 2.05) is 47.9 Å². The Labute approximate surface area is 110 Å². The van der Waals surface area contributed by atoms with Crippen LogP contribution in [0.15, 0.2) is 42.7 Å². The molecule has 3 aromatic heterocycles. The Bertz CT molecular complexity index is 720. The van der Waals surface area contributed by atoms with Crippen LogP contribution in [0.3, 0.4) is 0 Å². The number of aryl methyl sites for hydroxylation is 1. The first kappa shape index (κ1) is 11.7. The molecule has 0 aromatic carbocycles. The lowest BCUT2D eigenvalue weighted by atomic mass is 10.3. The molecule has 3 heterocycles. The van der Waals surface area contributed by atoms with E-state index in [4.69, 9.17) is 10.5 Å². The quantitative estimate of drug-likeness (QED) is 0.778. The first-order valence-corrected chi connectivity index (χ1v) is 6.05. The summed E-state index contributed by atoms with van der Waals surface area (Å²) in [5.74, 6) is 1.23. The maximum atomic E-state index is 5.84. The normalized spacial score (nSPS) is 10.8. The van der Waals surface area contributed by atoms with Crippen molar-refractivity contribution in [2.45, 2.75) is 13.5 Å². The lowest BCUT2D eigenvalue weighted by Crippen LogP contribution is -2.02. The molecule has 0 unspecified atom stereocenters. The second-order valence-corrected chi connectivity index (χ2v) is 4.19. The van der Waals surface area contributed by atoms with E-state index in [2.05, 4.69) is 9.97 Å². The van der Waals surface area contributed by atoms with Crippen molar-refractivity contribution >= 4 is 5.65 Å². The van der Waals surface area contributed by atoms with E-state index >= 15 is 0 Å². The lowest BCUT2D eigenvalue weighted by Gasteiger charge is -2.06. The number of hydrogen-bond acceptors (Lipinski definition) is 4. The molecule has 96 valence electrons. The van der Waals surface area contributed by atoms with Crippen molar-refractivity contribution in [3.63, 3.8) is 0 Å². The Morgan fingerprint density at radius 1 is 1.26 bits per heavy atom. The van der Waals surface area contributed by atoms with Crippen LogP contribution in [0.1, 0.15) is 11.4 Å². The third-order valence-corrected chi connectivity index (χ3v) is 2.95. The zero-order chi connectivity index (χ0) is 13.2. The highest BCUT2D eigenvalue weighted by molar-refractivity contribution is 5.47. The summed E-state index contributed by atoms with van der Waals surface area (Å²) in [4.78, 5) is 8.65. The van der Waals surface area contributed by atoms with Crippen LogP contribution in [0.2, 0.25) is 0 Å². The fraction of sp³-hybridized carbons (Fsp3) is 0.143. The van der Waals surface area contributed by atoms with Crippen LogP contribution in [-0.2, 0) is 6.54 Å². The van der Waals surface area contributed by atoms with Crippen LogP contribution in [0.25, 0.3) is 5.65 Å². The van der Waals surface area contributed by atoms with Gasteiger partial charge in [0.1, 0.15) is 11.3 Å². The molecule has 19 heavy (non-hydrogen) atoms. The predicted octanol–water partition coefficient (Wildman–Crippen LogP) is 2.29. The molecule has 2 N–H and O–H groups in total. The van der Waals surface area contributed by atoms with Gasteiger partial charge in [0.25, 0.3) is 0 Å².